The van der Waals surface area contributed by atoms with Gasteiger partial charge in [0.1, 0.15) is 0 Å². The molecule has 0 atom stereocenters. The number of thiophene rings is 2. The minimum atomic E-state index is 0.118. The molecule has 7 heteroatoms. The van der Waals surface area contributed by atoms with E-state index in [0.29, 0.717) is 17.7 Å². The fourth-order valence-electron chi connectivity index (χ4n) is 2.72. The van der Waals surface area contributed by atoms with E-state index < -0.39 is 0 Å². The topological polar surface area (TPSA) is 71.0 Å². The quantitative estimate of drug-likeness (QED) is 0.335. The molecule has 140 valence electrons. The molecule has 3 rings (SSSR count). The van der Waals surface area contributed by atoms with Crippen LogP contribution in [0, 0.1) is 22.7 Å². The molecule has 4 nitrogen and oxygen atoms in total. The smallest absolute Gasteiger partial charge is 0.0998 e. The number of hydrogen-bond donors (Lipinski definition) is 1. The number of likely N-dealkylation sites (N-methyl/N-ethyl adjacent to an activating group) is 1. The number of hydrogen-bond acceptors (Lipinski definition) is 6. The highest BCUT2D eigenvalue weighted by Crippen LogP contribution is 2.43. The van der Waals surface area contributed by atoms with Crippen molar-refractivity contribution in [1.29, 1.82) is 10.5 Å². The fraction of sp³-hybridized carbons (Fsp3) is 0.143. The van der Waals surface area contributed by atoms with Crippen molar-refractivity contribution in [1.82, 2.24) is 0 Å². The maximum atomic E-state index is 9.66. The van der Waals surface area contributed by atoms with Crippen LogP contribution in [0.25, 0.3) is 27.1 Å². The Labute approximate surface area is 185 Å². The first kappa shape index (κ1) is 20.6. The monoisotopic (exact) mass is 517 g/mol. The predicted molar refractivity (Wildman–Crippen MR) is 128 cm³/mol. The lowest BCUT2D eigenvalue weighted by molar-refractivity contribution is 0.304. The third kappa shape index (κ3) is 4.29. The van der Waals surface area contributed by atoms with E-state index in [-0.39, 0.29) is 6.61 Å². The molecule has 1 N–H and O–H groups in total. The van der Waals surface area contributed by atoms with Gasteiger partial charge in [-0.2, -0.15) is 10.5 Å². The van der Waals surface area contributed by atoms with Crippen molar-refractivity contribution in [2.75, 3.05) is 25.1 Å². The lowest BCUT2D eigenvalue weighted by Gasteiger charge is -2.14. The highest BCUT2D eigenvalue weighted by Gasteiger charge is 2.15. The number of fused-ring (bicyclic) bond motifs is 1. The summed E-state index contributed by atoms with van der Waals surface area (Å²) < 4.78 is 4.32. The number of benzene rings is 1. The number of aliphatic hydroxyl groups is 1. The number of aliphatic hydroxyl groups excluding tert-OH is 1. The zero-order valence-electron chi connectivity index (χ0n) is 15.0. The molecular formula is C21H16IN3OS2. The van der Waals surface area contributed by atoms with Crippen molar-refractivity contribution in [3.8, 4) is 12.1 Å². The second kappa shape index (κ2) is 9.35. The largest absolute Gasteiger partial charge is 0.395 e. The van der Waals surface area contributed by atoms with Crippen LogP contribution in [0.15, 0.2) is 34.4 Å². The second-order valence-electron chi connectivity index (χ2n) is 5.95. The molecule has 0 spiro atoms. The van der Waals surface area contributed by atoms with Crippen LogP contribution in [0.5, 0.6) is 0 Å². The van der Waals surface area contributed by atoms with Crippen LogP contribution in [0.4, 0.5) is 5.00 Å². The standard InChI is InChI=1S/C21H16IN3OS2/c1-25(8-9-26)20-11-19-21(28-20)17(6-7-22)18(27-19)10-16(13-24)15-4-2-14(12-23)3-5-15/h2-7,10-11,26H,8-9H2,1H3/b7-6-,16-10+. The van der Waals surface area contributed by atoms with Crippen molar-refractivity contribution < 1.29 is 5.11 Å². The Bertz CT molecular complexity index is 1130. The molecule has 0 amide bonds. The average Bonchev–Trinajstić information content (AvgIpc) is 3.26. The first-order valence-corrected chi connectivity index (χ1v) is 11.3. The van der Waals surface area contributed by atoms with E-state index in [1.54, 1.807) is 46.9 Å². The minimum Gasteiger partial charge on any atom is -0.395 e. The van der Waals surface area contributed by atoms with E-state index in [1.165, 1.54) is 4.70 Å². The summed E-state index contributed by atoms with van der Waals surface area (Å²) in [5, 5.41) is 28.9. The third-order valence-electron chi connectivity index (χ3n) is 4.18. The molecule has 0 saturated heterocycles. The summed E-state index contributed by atoms with van der Waals surface area (Å²) >= 11 is 5.55. The van der Waals surface area contributed by atoms with Crippen LogP contribution in [-0.4, -0.2) is 25.3 Å². The predicted octanol–water partition coefficient (Wildman–Crippen LogP) is 5.73. The summed E-state index contributed by atoms with van der Waals surface area (Å²) in [7, 11) is 1.97. The molecule has 0 radical (unpaired) electrons. The van der Waals surface area contributed by atoms with E-state index in [1.807, 2.05) is 22.1 Å². The molecule has 0 fully saturated rings. The van der Waals surface area contributed by atoms with E-state index in [2.05, 4.69) is 46.9 Å². The molecule has 0 unspecified atom stereocenters. The van der Waals surface area contributed by atoms with Crippen molar-refractivity contribution in [3.05, 3.63) is 56.0 Å². The van der Waals surface area contributed by atoms with Gasteiger partial charge >= 0.3 is 0 Å². The van der Waals surface area contributed by atoms with E-state index >= 15 is 0 Å². The summed E-state index contributed by atoms with van der Waals surface area (Å²) in [4.78, 5) is 3.08. The highest BCUT2D eigenvalue weighted by molar-refractivity contribution is 14.1. The summed E-state index contributed by atoms with van der Waals surface area (Å²) in [5.74, 6) is 0. The summed E-state index contributed by atoms with van der Waals surface area (Å²) in [6.45, 7) is 0.710. The van der Waals surface area contributed by atoms with Crippen molar-refractivity contribution in [3.63, 3.8) is 0 Å². The highest BCUT2D eigenvalue weighted by atomic mass is 127. The second-order valence-corrected chi connectivity index (χ2v) is 8.79. The van der Waals surface area contributed by atoms with Crippen LogP contribution in [0.3, 0.4) is 0 Å². The molecule has 0 aliphatic carbocycles. The van der Waals surface area contributed by atoms with Gasteiger partial charge in [0.05, 0.1) is 39.6 Å². The zero-order chi connectivity index (χ0) is 20.1. The van der Waals surface area contributed by atoms with Crippen LogP contribution in [0.1, 0.15) is 21.6 Å². The average molecular weight is 517 g/mol. The first-order chi connectivity index (χ1) is 13.6. The molecular weight excluding hydrogens is 501 g/mol. The zero-order valence-corrected chi connectivity index (χ0v) is 18.8. The van der Waals surface area contributed by atoms with E-state index in [0.717, 1.165) is 25.7 Å². The number of rotatable bonds is 6. The van der Waals surface area contributed by atoms with Crippen LogP contribution in [0.2, 0.25) is 0 Å². The Hall–Kier alpha value is -2.17. The number of nitrogens with zero attached hydrogens (tertiary/aromatic N) is 3. The van der Waals surface area contributed by atoms with E-state index in [4.69, 9.17) is 5.26 Å². The van der Waals surface area contributed by atoms with Gasteiger partial charge in [-0.05, 0) is 40.0 Å². The lowest BCUT2D eigenvalue weighted by atomic mass is 10.0. The van der Waals surface area contributed by atoms with E-state index in [9.17, 15) is 10.4 Å². The van der Waals surface area contributed by atoms with Gasteiger partial charge in [-0.3, -0.25) is 0 Å². The Morgan fingerprint density at radius 3 is 2.61 bits per heavy atom. The maximum absolute atomic E-state index is 9.66. The van der Waals surface area contributed by atoms with Crippen molar-refractivity contribution in [2.24, 2.45) is 0 Å². The summed E-state index contributed by atoms with van der Waals surface area (Å²) in [5.41, 5.74) is 3.04. The van der Waals surface area contributed by atoms with Gasteiger partial charge in [-0.1, -0.05) is 34.7 Å². The molecule has 0 aliphatic heterocycles. The van der Waals surface area contributed by atoms with Gasteiger partial charge in [-0.25, -0.2) is 0 Å². The Morgan fingerprint density at radius 1 is 1.25 bits per heavy atom. The number of nitriles is 2. The molecule has 1 aromatic carbocycles. The maximum Gasteiger partial charge on any atom is 0.0998 e. The first-order valence-electron chi connectivity index (χ1n) is 8.38. The lowest BCUT2D eigenvalue weighted by Crippen LogP contribution is -2.19. The number of allylic oxidation sites excluding steroid dienone is 1. The fourth-order valence-corrected chi connectivity index (χ4v) is 5.62. The molecule has 2 aromatic heterocycles. The van der Waals surface area contributed by atoms with Gasteiger partial charge in [-0.15, -0.1) is 22.7 Å². The van der Waals surface area contributed by atoms with Crippen LogP contribution < -0.4 is 4.90 Å². The van der Waals surface area contributed by atoms with Gasteiger partial charge in [0.15, 0.2) is 0 Å². The Balaban J connectivity index is 2.06. The number of anilines is 1. The molecule has 0 aliphatic rings. The summed E-state index contributed by atoms with van der Waals surface area (Å²) in [6, 6.07) is 13.6. The SMILES string of the molecule is CN(CCO)c1cc2sc(/C=C(\C#N)c3ccc(C#N)cc3)c(/C=C\I)c2s1. The minimum absolute atomic E-state index is 0.118. The van der Waals surface area contributed by atoms with Crippen molar-refractivity contribution in [2.45, 2.75) is 0 Å². The molecule has 0 bridgehead atoms. The Kier molecular flexibility index (Phi) is 6.87. The van der Waals surface area contributed by atoms with Gasteiger partial charge in [0, 0.05) is 28.7 Å². The normalized spacial score (nSPS) is 11.7. The Morgan fingerprint density at radius 2 is 2.00 bits per heavy atom. The van der Waals surface area contributed by atoms with Crippen LogP contribution in [-0.2, 0) is 0 Å². The van der Waals surface area contributed by atoms with Gasteiger partial charge in [0.25, 0.3) is 0 Å². The van der Waals surface area contributed by atoms with Crippen molar-refractivity contribution >= 4 is 77.4 Å². The molecule has 0 saturated carbocycles. The van der Waals surface area contributed by atoms with Gasteiger partial charge < -0.3 is 10.0 Å². The molecule has 28 heavy (non-hydrogen) atoms. The summed E-state index contributed by atoms with van der Waals surface area (Å²) in [6.07, 6.45) is 3.98. The van der Waals surface area contributed by atoms with Gasteiger partial charge in [0.2, 0.25) is 0 Å². The third-order valence-corrected chi connectivity index (χ3v) is 7.05. The van der Waals surface area contributed by atoms with Crippen LogP contribution >= 0.6 is 45.3 Å². The molecule has 2 heterocycles. The molecule has 3 aromatic rings. The number of halogens is 1.